The van der Waals surface area contributed by atoms with E-state index in [1.165, 1.54) is 6.07 Å². The summed E-state index contributed by atoms with van der Waals surface area (Å²) in [4.78, 5) is 0. The van der Waals surface area contributed by atoms with E-state index < -0.39 is 0 Å². The number of halogens is 1. The molecule has 1 radical (unpaired) electrons. The molecular formula is C4H3ClN3. The van der Waals surface area contributed by atoms with Gasteiger partial charge in [-0.25, -0.2) is 0 Å². The van der Waals surface area contributed by atoms with E-state index in [0.717, 1.165) is 0 Å². The summed E-state index contributed by atoms with van der Waals surface area (Å²) in [7, 11) is 0. The van der Waals surface area contributed by atoms with Gasteiger partial charge in [0.05, 0.1) is 5.69 Å². The third kappa shape index (κ3) is 0.869. The van der Waals surface area contributed by atoms with Crippen LogP contribution in [0, 0.1) is 6.20 Å². The number of nitrogens with zero attached hydrogens (tertiary/aromatic N) is 2. The SMILES string of the molecule is Nc1c[c]nnc1Cl. The van der Waals surface area contributed by atoms with Crippen LogP contribution in [0.3, 0.4) is 0 Å². The third-order valence-corrected chi connectivity index (χ3v) is 0.948. The van der Waals surface area contributed by atoms with Gasteiger partial charge < -0.3 is 5.73 Å². The molecule has 1 aromatic rings. The summed E-state index contributed by atoms with van der Waals surface area (Å²) in [5.74, 6) is 0. The molecule has 0 aliphatic carbocycles. The second kappa shape index (κ2) is 1.96. The van der Waals surface area contributed by atoms with Crippen LogP contribution >= 0.6 is 11.6 Å². The lowest BCUT2D eigenvalue weighted by Gasteiger charge is -1.88. The van der Waals surface area contributed by atoms with Gasteiger partial charge in [0, 0.05) is 0 Å². The van der Waals surface area contributed by atoms with Crippen LogP contribution in [0.25, 0.3) is 0 Å². The molecule has 1 rings (SSSR count). The fourth-order valence-corrected chi connectivity index (χ4v) is 0.381. The molecule has 0 aliphatic heterocycles. The molecule has 0 saturated heterocycles. The van der Waals surface area contributed by atoms with Gasteiger partial charge in [-0.05, 0) is 6.07 Å². The fraction of sp³-hybridized carbons (Fsp3) is 0. The maximum absolute atomic E-state index is 5.39. The number of hydrogen-bond donors (Lipinski definition) is 1. The molecule has 0 atom stereocenters. The Labute approximate surface area is 51.5 Å². The van der Waals surface area contributed by atoms with Crippen molar-refractivity contribution in [2.75, 3.05) is 5.73 Å². The molecule has 0 fully saturated rings. The maximum Gasteiger partial charge on any atom is 0.174 e. The molecule has 1 aromatic heterocycles. The zero-order valence-corrected chi connectivity index (χ0v) is 4.68. The lowest BCUT2D eigenvalue weighted by molar-refractivity contribution is 1.03. The number of aromatic nitrogens is 2. The summed E-state index contributed by atoms with van der Waals surface area (Å²) >= 11 is 5.39. The van der Waals surface area contributed by atoms with Crippen molar-refractivity contribution in [1.29, 1.82) is 0 Å². The second-order valence-electron chi connectivity index (χ2n) is 1.22. The first kappa shape index (κ1) is 5.31. The van der Waals surface area contributed by atoms with Gasteiger partial charge in [-0.2, -0.15) is 0 Å². The second-order valence-corrected chi connectivity index (χ2v) is 1.58. The van der Waals surface area contributed by atoms with E-state index in [9.17, 15) is 0 Å². The average Bonchev–Trinajstić information content (AvgIpc) is 1.77. The predicted octanol–water partition coefficient (Wildman–Crippen LogP) is 0.512. The molecule has 1 heterocycles. The average molecular weight is 129 g/mol. The largest absolute Gasteiger partial charge is 0.396 e. The lowest BCUT2D eigenvalue weighted by atomic mass is 10.5. The molecule has 0 aliphatic rings. The van der Waals surface area contributed by atoms with Crippen molar-refractivity contribution in [3.63, 3.8) is 0 Å². The van der Waals surface area contributed by atoms with Crippen molar-refractivity contribution in [1.82, 2.24) is 10.2 Å². The first-order valence-electron chi connectivity index (χ1n) is 1.95. The van der Waals surface area contributed by atoms with Crippen molar-refractivity contribution in [2.45, 2.75) is 0 Å². The molecule has 8 heavy (non-hydrogen) atoms. The highest BCUT2D eigenvalue weighted by molar-refractivity contribution is 6.31. The fourth-order valence-electron chi connectivity index (χ4n) is 0.288. The van der Waals surface area contributed by atoms with Gasteiger partial charge in [0.1, 0.15) is 6.20 Å². The zero-order chi connectivity index (χ0) is 5.98. The van der Waals surface area contributed by atoms with Gasteiger partial charge in [0.15, 0.2) is 5.15 Å². The number of hydrogen-bond acceptors (Lipinski definition) is 3. The third-order valence-electron chi connectivity index (χ3n) is 0.654. The summed E-state index contributed by atoms with van der Waals surface area (Å²) in [5.41, 5.74) is 5.66. The summed E-state index contributed by atoms with van der Waals surface area (Å²) < 4.78 is 0. The van der Waals surface area contributed by atoms with E-state index in [-0.39, 0.29) is 5.15 Å². The Kier molecular flexibility index (Phi) is 1.30. The molecule has 0 saturated carbocycles. The van der Waals surface area contributed by atoms with Gasteiger partial charge in [0.25, 0.3) is 0 Å². The van der Waals surface area contributed by atoms with Gasteiger partial charge in [-0.1, -0.05) is 11.6 Å². The summed E-state index contributed by atoms with van der Waals surface area (Å²) in [6.45, 7) is 0. The highest BCUT2D eigenvalue weighted by Crippen LogP contribution is 2.09. The topological polar surface area (TPSA) is 51.8 Å². The molecule has 41 valence electrons. The van der Waals surface area contributed by atoms with Crippen LogP contribution in [0.1, 0.15) is 0 Å². The van der Waals surface area contributed by atoms with Crippen LogP contribution < -0.4 is 5.73 Å². The van der Waals surface area contributed by atoms with Crippen LogP contribution in [-0.4, -0.2) is 10.2 Å². The minimum absolute atomic E-state index is 0.226. The quantitative estimate of drug-likeness (QED) is 0.554. The Morgan fingerprint density at radius 1 is 1.75 bits per heavy atom. The highest BCUT2D eigenvalue weighted by Gasteiger charge is 1.91. The van der Waals surface area contributed by atoms with Gasteiger partial charge in [0.2, 0.25) is 0 Å². The maximum atomic E-state index is 5.39. The predicted molar refractivity (Wildman–Crippen MR) is 30.3 cm³/mol. The summed E-state index contributed by atoms with van der Waals surface area (Å²) in [5, 5.41) is 7.00. The zero-order valence-electron chi connectivity index (χ0n) is 3.93. The van der Waals surface area contributed by atoms with Crippen molar-refractivity contribution < 1.29 is 0 Å². The number of nitrogens with two attached hydrogens (primary N) is 1. The molecule has 0 unspecified atom stereocenters. The Balaban J connectivity index is 3.13. The number of rotatable bonds is 0. The molecule has 0 amide bonds. The standard InChI is InChI=1S/C4H3ClN3/c5-4-3(6)1-2-7-8-4/h1H,(H2,6,7). The molecular weight excluding hydrogens is 126 g/mol. The smallest absolute Gasteiger partial charge is 0.174 e. The van der Waals surface area contributed by atoms with Crippen molar-refractivity contribution in [3.8, 4) is 0 Å². The monoisotopic (exact) mass is 128 g/mol. The minimum Gasteiger partial charge on any atom is -0.396 e. The van der Waals surface area contributed by atoms with Crippen LogP contribution in [0.15, 0.2) is 6.07 Å². The van der Waals surface area contributed by atoms with E-state index in [2.05, 4.69) is 16.4 Å². The van der Waals surface area contributed by atoms with Crippen LogP contribution in [0.5, 0.6) is 0 Å². The number of nitrogen functional groups attached to an aromatic ring is 1. The molecule has 4 heteroatoms. The van der Waals surface area contributed by atoms with E-state index in [4.69, 9.17) is 17.3 Å². The Morgan fingerprint density at radius 2 is 2.50 bits per heavy atom. The van der Waals surface area contributed by atoms with Gasteiger partial charge >= 0.3 is 0 Å². The van der Waals surface area contributed by atoms with E-state index in [1.54, 1.807) is 0 Å². The molecule has 0 bridgehead atoms. The van der Waals surface area contributed by atoms with Gasteiger partial charge in [-0.3, -0.25) is 0 Å². The Morgan fingerprint density at radius 3 is 2.88 bits per heavy atom. The van der Waals surface area contributed by atoms with E-state index in [1.807, 2.05) is 0 Å². The summed E-state index contributed by atoms with van der Waals surface area (Å²) in [6, 6.07) is 1.47. The van der Waals surface area contributed by atoms with Crippen molar-refractivity contribution in [2.24, 2.45) is 0 Å². The Bertz CT molecular complexity index is 167. The highest BCUT2D eigenvalue weighted by atomic mass is 35.5. The van der Waals surface area contributed by atoms with Crippen molar-refractivity contribution >= 4 is 17.3 Å². The first-order chi connectivity index (χ1) is 3.80. The summed E-state index contributed by atoms with van der Waals surface area (Å²) in [6.07, 6.45) is 2.43. The number of anilines is 1. The minimum atomic E-state index is 0.226. The van der Waals surface area contributed by atoms with Crippen LogP contribution in [-0.2, 0) is 0 Å². The van der Waals surface area contributed by atoms with Crippen molar-refractivity contribution in [3.05, 3.63) is 17.4 Å². The Hall–Kier alpha value is -0.830. The first-order valence-corrected chi connectivity index (χ1v) is 2.33. The normalized spacial score (nSPS) is 9.12. The van der Waals surface area contributed by atoms with Gasteiger partial charge in [-0.15, -0.1) is 10.2 Å². The lowest BCUT2D eigenvalue weighted by Crippen LogP contribution is -1.89. The molecule has 0 aromatic carbocycles. The van der Waals surface area contributed by atoms with Crippen LogP contribution in [0.2, 0.25) is 5.15 Å². The molecule has 3 nitrogen and oxygen atoms in total. The van der Waals surface area contributed by atoms with E-state index >= 15 is 0 Å². The van der Waals surface area contributed by atoms with Crippen LogP contribution in [0.4, 0.5) is 5.69 Å². The van der Waals surface area contributed by atoms with E-state index in [0.29, 0.717) is 5.69 Å². The molecule has 0 spiro atoms. The molecule has 2 N–H and O–H groups in total.